The molecule has 0 aliphatic carbocycles. The molecule has 27 heavy (non-hydrogen) atoms. The van der Waals surface area contributed by atoms with Crippen molar-refractivity contribution in [2.45, 2.75) is 40.5 Å². The minimum atomic E-state index is -0.0327. The van der Waals surface area contributed by atoms with Crippen molar-refractivity contribution in [1.29, 1.82) is 0 Å². The molecular formula is C23H23NO3. The minimum absolute atomic E-state index is 0.0327. The highest BCUT2D eigenvalue weighted by atomic mass is 16.5. The van der Waals surface area contributed by atoms with Crippen molar-refractivity contribution in [2.24, 2.45) is 0 Å². The maximum absolute atomic E-state index is 12.7. The molecule has 2 aromatic carbocycles. The van der Waals surface area contributed by atoms with Gasteiger partial charge in [-0.15, -0.1) is 0 Å². The van der Waals surface area contributed by atoms with Gasteiger partial charge in [-0.2, -0.15) is 0 Å². The third-order valence-electron chi connectivity index (χ3n) is 4.72. The van der Waals surface area contributed by atoms with Crippen LogP contribution in [0.15, 0.2) is 47.1 Å². The van der Waals surface area contributed by atoms with E-state index in [-0.39, 0.29) is 18.0 Å². The van der Waals surface area contributed by atoms with Gasteiger partial charge in [0.15, 0.2) is 11.6 Å². The minimum Gasteiger partial charge on any atom is -0.361 e. The topological polar surface area (TPSA) is 60.2 Å². The molecule has 4 nitrogen and oxygen atoms in total. The van der Waals surface area contributed by atoms with Gasteiger partial charge in [0.1, 0.15) is 5.76 Å². The molecule has 138 valence electrons. The zero-order valence-electron chi connectivity index (χ0n) is 16.1. The highest BCUT2D eigenvalue weighted by Gasteiger charge is 2.16. The number of rotatable bonds is 6. The lowest BCUT2D eigenvalue weighted by Crippen LogP contribution is -2.08. The number of aromatic nitrogens is 1. The molecule has 0 unspecified atom stereocenters. The summed E-state index contributed by atoms with van der Waals surface area (Å²) in [6.45, 7) is 7.68. The summed E-state index contributed by atoms with van der Waals surface area (Å²) in [6, 6.07) is 11.8. The highest BCUT2D eigenvalue weighted by Crippen LogP contribution is 2.18. The van der Waals surface area contributed by atoms with Crippen molar-refractivity contribution >= 4 is 11.6 Å². The summed E-state index contributed by atoms with van der Waals surface area (Å²) in [5.74, 6) is 0.575. The van der Waals surface area contributed by atoms with Crippen LogP contribution in [0.3, 0.4) is 0 Å². The number of carbonyl (C=O) groups is 2. The Balaban J connectivity index is 1.79. The molecular weight excluding hydrogens is 338 g/mol. The van der Waals surface area contributed by atoms with E-state index < -0.39 is 0 Å². The fraction of sp³-hybridized carbons (Fsp3) is 0.261. The summed E-state index contributed by atoms with van der Waals surface area (Å²) in [7, 11) is 0. The standard InChI is InChI=1S/C23H23NO3/c1-14-7-15(2)9-20(8-14)22(25)11-18-6-5-16(3)19(10-18)12-23(26)21-13-24-27-17(21)4/h5-10,13H,11-12H2,1-4H3. The molecule has 0 aliphatic rings. The second-order valence-electron chi connectivity index (χ2n) is 7.13. The molecule has 0 amide bonds. The summed E-state index contributed by atoms with van der Waals surface area (Å²) in [5, 5.41) is 3.67. The van der Waals surface area contributed by atoms with Crippen molar-refractivity contribution in [3.8, 4) is 0 Å². The van der Waals surface area contributed by atoms with Crippen molar-refractivity contribution in [2.75, 3.05) is 0 Å². The molecule has 0 radical (unpaired) electrons. The summed E-state index contributed by atoms with van der Waals surface area (Å²) < 4.78 is 4.98. The zero-order valence-corrected chi connectivity index (χ0v) is 16.1. The van der Waals surface area contributed by atoms with Crippen LogP contribution in [-0.4, -0.2) is 16.7 Å². The van der Waals surface area contributed by atoms with Gasteiger partial charge in [0.05, 0.1) is 11.8 Å². The summed E-state index contributed by atoms with van der Waals surface area (Å²) >= 11 is 0. The molecule has 0 fully saturated rings. The molecule has 1 aromatic heterocycles. The van der Waals surface area contributed by atoms with Gasteiger partial charge in [0.2, 0.25) is 0 Å². The molecule has 0 saturated heterocycles. The Labute approximate surface area is 159 Å². The quantitative estimate of drug-likeness (QED) is 0.594. The molecule has 1 heterocycles. The van der Waals surface area contributed by atoms with Gasteiger partial charge in [0.25, 0.3) is 0 Å². The van der Waals surface area contributed by atoms with E-state index in [0.717, 1.165) is 33.4 Å². The van der Waals surface area contributed by atoms with Crippen molar-refractivity contribution in [3.05, 3.63) is 87.3 Å². The second kappa shape index (κ2) is 7.70. The number of nitrogens with zero attached hydrogens (tertiary/aromatic N) is 1. The van der Waals surface area contributed by atoms with Crippen LogP contribution in [-0.2, 0) is 12.8 Å². The fourth-order valence-corrected chi connectivity index (χ4v) is 3.28. The smallest absolute Gasteiger partial charge is 0.172 e. The lowest BCUT2D eigenvalue weighted by Gasteiger charge is -2.09. The maximum atomic E-state index is 12.7. The molecule has 0 aliphatic heterocycles. The van der Waals surface area contributed by atoms with E-state index in [0.29, 0.717) is 17.7 Å². The third kappa shape index (κ3) is 4.40. The Morgan fingerprint density at radius 2 is 1.59 bits per heavy atom. The van der Waals surface area contributed by atoms with E-state index in [1.165, 1.54) is 6.20 Å². The number of benzene rings is 2. The first-order valence-electron chi connectivity index (χ1n) is 8.98. The first kappa shape index (κ1) is 18.8. The van der Waals surface area contributed by atoms with Gasteiger partial charge in [0, 0.05) is 18.4 Å². The Kier molecular flexibility index (Phi) is 5.36. The van der Waals surface area contributed by atoms with Crippen molar-refractivity contribution in [3.63, 3.8) is 0 Å². The number of ketones is 2. The van der Waals surface area contributed by atoms with Crippen molar-refractivity contribution < 1.29 is 14.1 Å². The van der Waals surface area contributed by atoms with E-state index in [1.807, 2.05) is 51.1 Å². The molecule has 0 N–H and O–H groups in total. The zero-order chi connectivity index (χ0) is 19.6. The van der Waals surface area contributed by atoms with Crippen LogP contribution < -0.4 is 0 Å². The van der Waals surface area contributed by atoms with Gasteiger partial charge in [-0.3, -0.25) is 9.59 Å². The molecule has 0 atom stereocenters. The Hall–Kier alpha value is -3.01. The van der Waals surface area contributed by atoms with Crippen LogP contribution in [0.5, 0.6) is 0 Å². The molecule has 0 bridgehead atoms. The van der Waals surface area contributed by atoms with Gasteiger partial charge in [-0.05, 0) is 56.5 Å². The second-order valence-corrected chi connectivity index (χ2v) is 7.13. The number of hydrogen-bond acceptors (Lipinski definition) is 4. The lowest BCUT2D eigenvalue weighted by atomic mass is 9.94. The van der Waals surface area contributed by atoms with Crippen LogP contribution in [0.25, 0.3) is 0 Å². The predicted octanol–water partition coefficient (Wildman–Crippen LogP) is 4.76. The maximum Gasteiger partial charge on any atom is 0.172 e. The summed E-state index contributed by atoms with van der Waals surface area (Å²) in [5.41, 5.74) is 6.26. The fourth-order valence-electron chi connectivity index (χ4n) is 3.28. The molecule has 3 rings (SSSR count). The van der Waals surface area contributed by atoms with E-state index >= 15 is 0 Å². The average Bonchev–Trinajstić information content (AvgIpc) is 3.03. The number of carbonyl (C=O) groups excluding carboxylic acids is 2. The van der Waals surface area contributed by atoms with Crippen LogP contribution in [0, 0.1) is 27.7 Å². The van der Waals surface area contributed by atoms with E-state index in [1.54, 1.807) is 6.92 Å². The Morgan fingerprint density at radius 1 is 0.889 bits per heavy atom. The lowest BCUT2D eigenvalue weighted by molar-refractivity contribution is 0.0985. The monoisotopic (exact) mass is 361 g/mol. The first-order chi connectivity index (χ1) is 12.8. The van der Waals surface area contributed by atoms with E-state index in [4.69, 9.17) is 4.52 Å². The predicted molar refractivity (Wildman–Crippen MR) is 104 cm³/mol. The van der Waals surface area contributed by atoms with Gasteiger partial charge < -0.3 is 4.52 Å². The van der Waals surface area contributed by atoms with Crippen LogP contribution in [0.1, 0.15) is 54.3 Å². The third-order valence-corrected chi connectivity index (χ3v) is 4.72. The highest BCUT2D eigenvalue weighted by molar-refractivity contribution is 5.99. The molecule has 0 saturated carbocycles. The Bertz CT molecular complexity index is 994. The van der Waals surface area contributed by atoms with E-state index in [2.05, 4.69) is 11.2 Å². The summed E-state index contributed by atoms with van der Waals surface area (Å²) in [4.78, 5) is 25.2. The van der Waals surface area contributed by atoms with Gasteiger partial charge in [-0.1, -0.05) is 40.5 Å². The van der Waals surface area contributed by atoms with Crippen LogP contribution in [0.4, 0.5) is 0 Å². The first-order valence-corrected chi connectivity index (χ1v) is 8.98. The largest absolute Gasteiger partial charge is 0.361 e. The number of hydrogen-bond donors (Lipinski definition) is 0. The van der Waals surface area contributed by atoms with E-state index in [9.17, 15) is 9.59 Å². The molecule has 4 heteroatoms. The van der Waals surface area contributed by atoms with Crippen LogP contribution in [0.2, 0.25) is 0 Å². The molecule has 3 aromatic rings. The SMILES string of the molecule is Cc1cc(C)cc(C(=O)Cc2ccc(C)c(CC(=O)c3cnoc3C)c2)c1. The van der Waals surface area contributed by atoms with Gasteiger partial charge in [-0.25, -0.2) is 0 Å². The normalized spacial score (nSPS) is 10.8. The van der Waals surface area contributed by atoms with Crippen LogP contribution >= 0.6 is 0 Å². The van der Waals surface area contributed by atoms with Gasteiger partial charge >= 0.3 is 0 Å². The molecule has 0 spiro atoms. The number of aryl methyl sites for hydroxylation is 4. The summed E-state index contributed by atoms with van der Waals surface area (Å²) in [6.07, 6.45) is 2.04. The van der Waals surface area contributed by atoms with Crippen molar-refractivity contribution in [1.82, 2.24) is 5.16 Å². The average molecular weight is 361 g/mol. The Morgan fingerprint density at radius 3 is 2.22 bits per heavy atom. The number of Topliss-reactive ketones (excluding diaryl/α,β-unsaturated/α-hetero) is 2.